The van der Waals surface area contributed by atoms with Crippen LogP contribution in [0.25, 0.3) is 0 Å². The summed E-state index contributed by atoms with van der Waals surface area (Å²) in [5.41, 5.74) is 0.844. The Morgan fingerprint density at radius 1 is 1.31 bits per heavy atom. The Balaban J connectivity index is 2.61. The van der Waals surface area contributed by atoms with E-state index in [9.17, 15) is 17.7 Å². The molecular weight excluding hydrogens is 237 g/mol. The molecule has 0 saturated heterocycles. The lowest BCUT2D eigenvalue weighted by atomic mass is 10.1. The van der Waals surface area contributed by atoms with Crippen LogP contribution in [-0.4, -0.2) is 25.4 Å². The summed E-state index contributed by atoms with van der Waals surface area (Å²) < 4.78 is 33.1. The van der Waals surface area contributed by atoms with Crippen molar-refractivity contribution >= 4 is 17.0 Å². The number of carbonyl (C=O) groups excluding carboxylic acids is 1. The molecule has 0 atom stereocenters. The van der Waals surface area contributed by atoms with Crippen molar-refractivity contribution in [1.82, 2.24) is 4.31 Å². The van der Waals surface area contributed by atoms with Gasteiger partial charge in [0, 0.05) is 11.1 Å². The van der Waals surface area contributed by atoms with E-state index in [1.807, 2.05) is 6.07 Å². The van der Waals surface area contributed by atoms with Crippen LogP contribution >= 0.6 is 0 Å². The molecule has 88 valence electrons. The van der Waals surface area contributed by atoms with Gasteiger partial charge in [-0.2, -0.15) is 0 Å². The van der Waals surface area contributed by atoms with E-state index in [0.717, 1.165) is 5.56 Å². The first-order chi connectivity index (χ1) is 7.65. The van der Waals surface area contributed by atoms with Crippen LogP contribution in [0, 0.1) is 0 Å². The summed E-state index contributed by atoms with van der Waals surface area (Å²) in [6.45, 7) is -0.147. The van der Waals surface area contributed by atoms with Crippen molar-refractivity contribution in [2.75, 3.05) is 6.54 Å². The fraction of sp³-hybridized carbons (Fsp3) is 0.222. The molecule has 0 aromatic heterocycles. The van der Waals surface area contributed by atoms with Gasteiger partial charge in [0.1, 0.15) is 0 Å². The van der Waals surface area contributed by atoms with Crippen LogP contribution in [0.5, 0.6) is 0 Å². The minimum Gasteiger partial charge on any atom is -0.230 e. The monoisotopic (exact) mass is 247 g/mol. The number of carbonyl (C=O) groups is 1. The predicted molar refractivity (Wildman–Crippen MR) is 54.8 cm³/mol. The summed E-state index contributed by atoms with van der Waals surface area (Å²) in [4.78, 5) is 13.6. The Bertz CT molecular complexity index is 413. The van der Waals surface area contributed by atoms with Crippen LogP contribution in [-0.2, 0) is 22.3 Å². The van der Waals surface area contributed by atoms with Crippen molar-refractivity contribution in [2.45, 2.75) is 6.42 Å². The largest absolute Gasteiger partial charge is 0.460 e. The van der Waals surface area contributed by atoms with Gasteiger partial charge in [-0.15, -0.1) is 0 Å². The highest BCUT2D eigenvalue weighted by molar-refractivity contribution is 7.70. The average Bonchev–Trinajstić information content (AvgIpc) is 2.30. The van der Waals surface area contributed by atoms with Crippen LogP contribution in [0.2, 0.25) is 0 Å². The number of halogens is 1. The zero-order valence-electron chi connectivity index (χ0n) is 8.21. The van der Waals surface area contributed by atoms with Crippen LogP contribution < -0.4 is 0 Å². The SMILES string of the molecule is O=C(OF)N(CCc1ccccc1)[SH](=O)=O. The highest BCUT2D eigenvalue weighted by atomic mass is 32.2. The zero-order chi connectivity index (χ0) is 12.0. The van der Waals surface area contributed by atoms with Gasteiger partial charge < -0.3 is 0 Å². The van der Waals surface area contributed by atoms with Gasteiger partial charge in [0.05, 0.1) is 0 Å². The Morgan fingerprint density at radius 2 is 1.94 bits per heavy atom. The van der Waals surface area contributed by atoms with E-state index >= 15 is 0 Å². The lowest BCUT2D eigenvalue weighted by molar-refractivity contribution is -0.0710. The molecule has 0 bridgehead atoms. The van der Waals surface area contributed by atoms with Crippen molar-refractivity contribution in [3.05, 3.63) is 35.9 Å². The lowest BCUT2D eigenvalue weighted by Gasteiger charge is -2.11. The smallest absolute Gasteiger partial charge is 0.230 e. The first kappa shape index (κ1) is 12.4. The minimum atomic E-state index is -3.19. The number of rotatable bonds is 4. The van der Waals surface area contributed by atoms with Gasteiger partial charge in [0.25, 0.3) is 0 Å². The number of hydrogen-bond acceptors (Lipinski definition) is 4. The van der Waals surface area contributed by atoms with E-state index in [1.165, 1.54) is 0 Å². The maximum atomic E-state index is 11.6. The molecule has 7 heteroatoms. The fourth-order valence-electron chi connectivity index (χ4n) is 1.16. The van der Waals surface area contributed by atoms with Crippen LogP contribution in [0.1, 0.15) is 5.56 Å². The van der Waals surface area contributed by atoms with E-state index in [1.54, 1.807) is 24.3 Å². The number of nitrogens with zero attached hydrogens (tertiary/aromatic N) is 1. The molecule has 0 spiro atoms. The molecule has 0 saturated carbocycles. The molecule has 1 aromatic rings. The Labute approximate surface area is 93.4 Å². The third-order valence-electron chi connectivity index (χ3n) is 1.93. The normalized spacial score (nSPS) is 10.1. The van der Waals surface area contributed by atoms with Gasteiger partial charge in [-0.05, 0) is 12.0 Å². The summed E-state index contributed by atoms with van der Waals surface area (Å²) >= 11 is 0. The Kier molecular flexibility index (Phi) is 4.71. The maximum absolute atomic E-state index is 11.6. The van der Waals surface area contributed by atoms with Crippen molar-refractivity contribution < 1.29 is 22.7 Å². The first-order valence-electron chi connectivity index (χ1n) is 4.43. The molecule has 1 rings (SSSR count). The van der Waals surface area contributed by atoms with E-state index < -0.39 is 17.0 Å². The molecule has 16 heavy (non-hydrogen) atoms. The minimum absolute atomic E-state index is 0.147. The molecule has 5 nitrogen and oxygen atoms in total. The standard InChI is InChI=1S/C9H10FNO4S/c10-15-9(12)11(16(13)14)7-6-8-4-2-1-3-5-8/h1-5,16H,6-7H2. The van der Waals surface area contributed by atoms with E-state index in [4.69, 9.17) is 0 Å². The van der Waals surface area contributed by atoms with Gasteiger partial charge in [0.15, 0.2) is 0 Å². The molecule has 0 heterocycles. The van der Waals surface area contributed by atoms with Crippen LogP contribution in [0.15, 0.2) is 30.3 Å². The quantitative estimate of drug-likeness (QED) is 0.809. The fourth-order valence-corrected chi connectivity index (χ4v) is 1.59. The number of amides is 1. The summed E-state index contributed by atoms with van der Waals surface area (Å²) in [5.74, 6) is 0. The topological polar surface area (TPSA) is 63.7 Å². The number of hydrogen-bond donors (Lipinski definition) is 1. The molecule has 0 N–H and O–H groups in total. The molecule has 1 amide bonds. The Hall–Kier alpha value is -1.63. The van der Waals surface area contributed by atoms with Gasteiger partial charge in [-0.3, -0.25) is 0 Å². The highest BCUT2D eigenvalue weighted by Gasteiger charge is 2.17. The molecule has 0 aliphatic carbocycles. The Morgan fingerprint density at radius 3 is 2.44 bits per heavy atom. The second kappa shape index (κ2) is 6.06. The van der Waals surface area contributed by atoms with Crippen molar-refractivity contribution in [2.24, 2.45) is 0 Å². The van der Waals surface area contributed by atoms with E-state index in [-0.39, 0.29) is 6.54 Å². The summed E-state index contributed by atoms with van der Waals surface area (Å²) in [6.07, 6.45) is -1.22. The van der Waals surface area contributed by atoms with Gasteiger partial charge >= 0.3 is 6.09 Å². The van der Waals surface area contributed by atoms with Gasteiger partial charge in [-0.25, -0.2) is 22.5 Å². The first-order valence-corrected chi connectivity index (χ1v) is 5.56. The van der Waals surface area contributed by atoms with Crippen molar-refractivity contribution in [1.29, 1.82) is 0 Å². The van der Waals surface area contributed by atoms with Crippen molar-refractivity contribution in [3.8, 4) is 0 Å². The third kappa shape index (κ3) is 3.50. The summed E-state index contributed by atoms with van der Waals surface area (Å²) in [7, 11) is -3.19. The van der Waals surface area contributed by atoms with E-state index in [2.05, 4.69) is 4.94 Å². The molecular formula is C9H10FNO4S. The molecule has 0 radical (unpaired) electrons. The average molecular weight is 247 g/mol. The van der Waals surface area contributed by atoms with E-state index in [0.29, 0.717) is 10.7 Å². The molecule has 0 aliphatic rings. The number of thiol groups is 1. The third-order valence-corrected chi connectivity index (χ3v) is 2.69. The summed E-state index contributed by atoms with van der Waals surface area (Å²) in [5, 5.41) is 0. The molecule has 0 fully saturated rings. The summed E-state index contributed by atoms with van der Waals surface area (Å²) in [6, 6.07) is 8.92. The second-order valence-corrected chi connectivity index (χ2v) is 3.90. The number of benzene rings is 1. The van der Waals surface area contributed by atoms with Crippen molar-refractivity contribution in [3.63, 3.8) is 0 Å². The molecule has 1 aromatic carbocycles. The van der Waals surface area contributed by atoms with Gasteiger partial charge in [0.2, 0.25) is 10.9 Å². The zero-order valence-corrected chi connectivity index (χ0v) is 9.10. The second-order valence-electron chi connectivity index (χ2n) is 2.94. The lowest BCUT2D eigenvalue weighted by Crippen LogP contribution is -2.30. The van der Waals surface area contributed by atoms with Crippen LogP contribution in [0.3, 0.4) is 0 Å². The molecule has 0 unspecified atom stereocenters. The maximum Gasteiger partial charge on any atom is 0.460 e. The van der Waals surface area contributed by atoms with Gasteiger partial charge in [-0.1, -0.05) is 30.3 Å². The van der Waals surface area contributed by atoms with Crippen LogP contribution in [0.4, 0.5) is 9.32 Å². The highest BCUT2D eigenvalue weighted by Crippen LogP contribution is 2.03. The predicted octanol–water partition coefficient (Wildman–Crippen LogP) is 1.08. The molecule has 0 aliphatic heterocycles.